The van der Waals surface area contributed by atoms with Crippen LogP contribution >= 0.6 is 11.6 Å². The first kappa shape index (κ1) is 19.2. The van der Waals surface area contributed by atoms with E-state index in [1.807, 2.05) is 19.1 Å². The highest BCUT2D eigenvalue weighted by Gasteiger charge is 2.13. The summed E-state index contributed by atoms with van der Waals surface area (Å²) in [5.74, 6) is -2.18. The third kappa shape index (κ3) is 5.43. The zero-order valence-corrected chi connectivity index (χ0v) is 14.5. The Morgan fingerprint density at radius 1 is 1.27 bits per heavy atom. The smallest absolute Gasteiger partial charge is 0.349 e. The van der Waals surface area contributed by atoms with Gasteiger partial charge in [-0.15, -0.1) is 0 Å². The Morgan fingerprint density at radius 2 is 1.96 bits per heavy atom. The summed E-state index contributed by atoms with van der Waals surface area (Å²) in [4.78, 5) is 23.7. The van der Waals surface area contributed by atoms with Gasteiger partial charge in [-0.2, -0.15) is 5.26 Å². The largest absolute Gasteiger partial charge is 0.451 e. The number of carbonyl (C=O) groups is 2. The van der Waals surface area contributed by atoms with E-state index in [0.29, 0.717) is 5.56 Å². The average molecular weight is 373 g/mol. The van der Waals surface area contributed by atoms with Gasteiger partial charge >= 0.3 is 5.97 Å². The number of anilines is 1. The van der Waals surface area contributed by atoms with Gasteiger partial charge in [0.05, 0.1) is 5.02 Å². The predicted octanol–water partition coefficient (Wildman–Crippen LogP) is 3.88. The molecule has 2 rings (SSSR count). The van der Waals surface area contributed by atoms with Crippen molar-refractivity contribution in [3.8, 4) is 6.07 Å². The lowest BCUT2D eigenvalue weighted by atomic mass is 10.1. The van der Waals surface area contributed by atoms with Gasteiger partial charge in [-0.1, -0.05) is 41.4 Å². The van der Waals surface area contributed by atoms with Crippen LogP contribution in [0, 0.1) is 24.1 Å². The Balaban J connectivity index is 1.95. The van der Waals surface area contributed by atoms with Gasteiger partial charge < -0.3 is 10.1 Å². The minimum absolute atomic E-state index is 0.146. The van der Waals surface area contributed by atoms with E-state index in [1.54, 1.807) is 18.2 Å². The van der Waals surface area contributed by atoms with Gasteiger partial charge in [0.1, 0.15) is 17.5 Å². The van der Waals surface area contributed by atoms with Crippen molar-refractivity contribution < 1.29 is 18.7 Å². The molecule has 0 bridgehead atoms. The molecule has 0 heterocycles. The molecule has 0 saturated carbocycles. The summed E-state index contributed by atoms with van der Waals surface area (Å²) < 4.78 is 17.9. The van der Waals surface area contributed by atoms with Crippen LogP contribution in [0.5, 0.6) is 0 Å². The molecule has 0 spiro atoms. The molecule has 0 atom stereocenters. The minimum Gasteiger partial charge on any atom is -0.451 e. The number of carbonyl (C=O) groups excluding carboxylic acids is 2. The molecule has 0 saturated heterocycles. The quantitative estimate of drug-likeness (QED) is 0.491. The van der Waals surface area contributed by atoms with Crippen molar-refractivity contribution in [2.24, 2.45) is 0 Å². The zero-order valence-electron chi connectivity index (χ0n) is 13.8. The Morgan fingerprint density at radius 3 is 2.58 bits per heavy atom. The van der Waals surface area contributed by atoms with Crippen LogP contribution in [0.1, 0.15) is 11.1 Å². The second-order valence-electron chi connectivity index (χ2n) is 5.33. The molecule has 0 unspecified atom stereocenters. The number of nitrogens with zero attached hydrogens (tertiary/aromatic N) is 1. The van der Waals surface area contributed by atoms with Crippen molar-refractivity contribution in [1.29, 1.82) is 5.26 Å². The molecule has 26 heavy (non-hydrogen) atoms. The van der Waals surface area contributed by atoms with Gasteiger partial charge in [0.15, 0.2) is 6.61 Å². The van der Waals surface area contributed by atoms with Crippen LogP contribution in [0.4, 0.5) is 10.1 Å². The monoisotopic (exact) mass is 372 g/mol. The lowest BCUT2D eigenvalue weighted by Crippen LogP contribution is -2.21. The first-order chi connectivity index (χ1) is 12.4. The second kappa shape index (κ2) is 8.79. The van der Waals surface area contributed by atoms with E-state index in [1.165, 1.54) is 18.2 Å². The van der Waals surface area contributed by atoms with Crippen molar-refractivity contribution >= 4 is 35.2 Å². The third-order valence-corrected chi connectivity index (χ3v) is 3.56. The van der Waals surface area contributed by atoms with Crippen LogP contribution in [0.15, 0.2) is 48.0 Å². The molecule has 0 aliphatic carbocycles. The van der Waals surface area contributed by atoms with Crippen LogP contribution < -0.4 is 5.32 Å². The molecule has 2 aromatic carbocycles. The molecule has 132 valence electrons. The maximum absolute atomic E-state index is 13.1. The number of hydrogen-bond acceptors (Lipinski definition) is 4. The Hall–Kier alpha value is -3.17. The number of aryl methyl sites for hydroxylation is 1. The second-order valence-corrected chi connectivity index (χ2v) is 5.74. The van der Waals surface area contributed by atoms with Crippen LogP contribution in [0.3, 0.4) is 0 Å². The van der Waals surface area contributed by atoms with Crippen LogP contribution in [0.2, 0.25) is 5.02 Å². The van der Waals surface area contributed by atoms with E-state index >= 15 is 0 Å². The molecule has 7 heteroatoms. The van der Waals surface area contributed by atoms with E-state index in [2.05, 4.69) is 5.32 Å². The highest BCUT2D eigenvalue weighted by molar-refractivity contribution is 6.31. The molecule has 0 radical (unpaired) electrons. The highest BCUT2D eigenvalue weighted by atomic mass is 35.5. The summed E-state index contributed by atoms with van der Waals surface area (Å²) in [6.07, 6.45) is 1.37. The SMILES string of the molecule is Cc1ccc(/C=C(\C#N)C(=O)OCC(=O)Nc2ccc(F)c(Cl)c2)cc1. The standard InChI is InChI=1S/C19H14ClFN2O3/c1-12-2-4-13(5-3-12)8-14(10-22)19(25)26-11-18(24)23-15-6-7-17(21)16(20)9-15/h2-9H,11H2,1H3,(H,23,24)/b14-8+. The molecule has 2 aromatic rings. The van der Waals surface area contributed by atoms with E-state index in [9.17, 15) is 14.0 Å². The first-order valence-electron chi connectivity index (χ1n) is 7.49. The average Bonchev–Trinajstić information content (AvgIpc) is 2.62. The summed E-state index contributed by atoms with van der Waals surface area (Å²) in [7, 11) is 0. The summed E-state index contributed by atoms with van der Waals surface area (Å²) in [6.45, 7) is 1.32. The van der Waals surface area contributed by atoms with Crippen molar-refractivity contribution in [2.75, 3.05) is 11.9 Å². The summed E-state index contributed by atoms with van der Waals surface area (Å²) in [6, 6.07) is 12.6. The lowest BCUT2D eigenvalue weighted by molar-refractivity contribution is -0.142. The number of hydrogen-bond donors (Lipinski definition) is 1. The molecular formula is C19H14ClFN2O3. The molecular weight excluding hydrogens is 359 g/mol. The fourth-order valence-electron chi connectivity index (χ4n) is 1.95. The van der Waals surface area contributed by atoms with Crippen molar-refractivity contribution in [3.05, 3.63) is 70.0 Å². The maximum Gasteiger partial charge on any atom is 0.349 e. The molecule has 0 aliphatic heterocycles. The Kier molecular flexibility index (Phi) is 6.48. The number of nitriles is 1. The molecule has 0 aliphatic rings. The van der Waals surface area contributed by atoms with Gasteiger partial charge in [-0.3, -0.25) is 4.79 Å². The Labute approximate surface area is 154 Å². The number of ether oxygens (including phenoxy) is 1. The van der Waals surface area contributed by atoms with Crippen LogP contribution in [0.25, 0.3) is 6.08 Å². The fourth-order valence-corrected chi connectivity index (χ4v) is 2.13. The van der Waals surface area contributed by atoms with E-state index in [0.717, 1.165) is 11.6 Å². The number of halogens is 2. The van der Waals surface area contributed by atoms with Gasteiger partial charge in [-0.05, 0) is 36.8 Å². The van der Waals surface area contributed by atoms with Gasteiger partial charge in [0.2, 0.25) is 0 Å². The summed E-state index contributed by atoms with van der Waals surface area (Å²) in [5.41, 5.74) is 1.73. The molecule has 5 nitrogen and oxygen atoms in total. The number of rotatable bonds is 5. The van der Waals surface area contributed by atoms with Crippen LogP contribution in [-0.2, 0) is 14.3 Å². The molecule has 1 amide bonds. The number of esters is 1. The minimum atomic E-state index is -0.916. The highest BCUT2D eigenvalue weighted by Crippen LogP contribution is 2.19. The summed E-state index contributed by atoms with van der Waals surface area (Å²) >= 11 is 5.62. The van der Waals surface area contributed by atoms with Crippen molar-refractivity contribution in [3.63, 3.8) is 0 Å². The van der Waals surface area contributed by atoms with Gasteiger partial charge in [0.25, 0.3) is 5.91 Å². The van der Waals surface area contributed by atoms with E-state index in [4.69, 9.17) is 21.6 Å². The lowest BCUT2D eigenvalue weighted by Gasteiger charge is -2.07. The van der Waals surface area contributed by atoms with E-state index in [-0.39, 0.29) is 16.3 Å². The van der Waals surface area contributed by atoms with Crippen LogP contribution in [-0.4, -0.2) is 18.5 Å². The zero-order chi connectivity index (χ0) is 19.1. The Bertz CT molecular complexity index is 902. The first-order valence-corrected chi connectivity index (χ1v) is 7.87. The maximum atomic E-state index is 13.1. The van der Waals surface area contributed by atoms with Crippen molar-refractivity contribution in [2.45, 2.75) is 6.92 Å². The topological polar surface area (TPSA) is 79.2 Å². The third-order valence-electron chi connectivity index (χ3n) is 3.27. The number of amides is 1. The van der Waals surface area contributed by atoms with E-state index < -0.39 is 24.3 Å². The van der Waals surface area contributed by atoms with Gasteiger partial charge in [-0.25, -0.2) is 9.18 Å². The molecule has 1 N–H and O–H groups in total. The fraction of sp³-hybridized carbons (Fsp3) is 0.105. The normalized spacial score (nSPS) is 10.8. The molecule has 0 fully saturated rings. The van der Waals surface area contributed by atoms with Crippen molar-refractivity contribution in [1.82, 2.24) is 0 Å². The summed E-state index contributed by atoms with van der Waals surface area (Å²) in [5, 5.41) is 11.4. The molecule has 0 aromatic heterocycles. The number of nitrogens with one attached hydrogen (secondary N) is 1. The van der Waals surface area contributed by atoms with Gasteiger partial charge in [0, 0.05) is 5.69 Å². The number of benzene rings is 2. The predicted molar refractivity (Wildman–Crippen MR) is 95.8 cm³/mol.